The number of ether oxygens (including phenoxy) is 2. The van der Waals surface area contributed by atoms with Crippen molar-refractivity contribution in [3.05, 3.63) is 18.2 Å². The highest BCUT2D eigenvalue weighted by Gasteiger charge is 2.08. The Hall–Kier alpha value is -1.75. The quantitative estimate of drug-likeness (QED) is 0.724. The third kappa shape index (κ3) is 4.25. The third-order valence-corrected chi connectivity index (χ3v) is 2.40. The molecule has 0 spiro atoms. The van der Waals surface area contributed by atoms with Gasteiger partial charge in [0.2, 0.25) is 5.91 Å². The molecule has 5 nitrogen and oxygen atoms in total. The largest absolute Gasteiger partial charge is 0.497 e. The van der Waals surface area contributed by atoms with Gasteiger partial charge in [0.1, 0.15) is 11.5 Å². The molecule has 0 heterocycles. The zero-order valence-corrected chi connectivity index (χ0v) is 11.1. The molecule has 0 aromatic heterocycles. The number of rotatable bonds is 7. The van der Waals surface area contributed by atoms with E-state index in [1.165, 1.54) is 0 Å². The number of carbonyl (C=O) groups excluding carboxylic acids is 1. The van der Waals surface area contributed by atoms with Gasteiger partial charge in [0.25, 0.3) is 0 Å². The topological polar surface area (TPSA) is 59.6 Å². The number of anilines is 1. The van der Waals surface area contributed by atoms with E-state index in [4.69, 9.17) is 9.47 Å². The lowest BCUT2D eigenvalue weighted by molar-refractivity contribution is -0.115. The van der Waals surface area contributed by atoms with E-state index < -0.39 is 0 Å². The summed E-state index contributed by atoms with van der Waals surface area (Å²) >= 11 is 0. The van der Waals surface area contributed by atoms with Crippen LogP contribution in [-0.2, 0) is 4.79 Å². The minimum absolute atomic E-state index is 0.0908. The van der Waals surface area contributed by atoms with Gasteiger partial charge in [0.15, 0.2) is 0 Å². The molecule has 18 heavy (non-hydrogen) atoms. The summed E-state index contributed by atoms with van der Waals surface area (Å²) in [6, 6.07) is 5.27. The van der Waals surface area contributed by atoms with Gasteiger partial charge in [-0.1, -0.05) is 6.92 Å². The molecule has 1 aromatic rings. The van der Waals surface area contributed by atoms with Gasteiger partial charge in [-0.3, -0.25) is 4.79 Å². The van der Waals surface area contributed by atoms with Crippen molar-refractivity contribution in [1.29, 1.82) is 0 Å². The van der Waals surface area contributed by atoms with Gasteiger partial charge in [-0.2, -0.15) is 0 Å². The van der Waals surface area contributed by atoms with Crippen LogP contribution in [-0.4, -0.2) is 33.2 Å². The maximum Gasteiger partial charge on any atom is 0.238 e. The number of hydrogen-bond donors (Lipinski definition) is 2. The molecule has 1 aromatic carbocycles. The number of hydrogen-bond acceptors (Lipinski definition) is 4. The first-order valence-corrected chi connectivity index (χ1v) is 5.93. The molecule has 0 aliphatic heterocycles. The van der Waals surface area contributed by atoms with Crippen LogP contribution in [0.25, 0.3) is 0 Å². The Labute approximate surface area is 107 Å². The van der Waals surface area contributed by atoms with Crippen molar-refractivity contribution in [3.63, 3.8) is 0 Å². The molecule has 0 aliphatic carbocycles. The van der Waals surface area contributed by atoms with Crippen LogP contribution in [0.1, 0.15) is 13.3 Å². The van der Waals surface area contributed by atoms with Gasteiger partial charge in [-0.25, -0.2) is 0 Å². The van der Waals surface area contributed by atoms with Crippen LogP contribution in [0.4, 0.5) is 5.69 Å². The second-order valence-electron chi connectivity index (χ2n) is 3.79. The molecule has 0 unspecified atom stereocenters. The van der Waals surface area contributed by atoms with Crippen LogP contribution in [0.15, 0.2) is 18.2 Å². The molecule has 100 valence electrons. The maximum absolute atomic E-state index is 11.6. The molecule has 0 aliphatic rings. The molecule has 1 rings (SSSR count). The molecule has 1 amide bonds. The Morgan fingerprint density at radius 2 is 2.06 bits per heavy atom. The van der Waals surface area contributed by atoms with Gasteiger partial charge in [-0.15, -0.1) is 0 Å². The van der Waals surface area contributed by atoms with Crippen molar-refractivity contribution in [2.45, 2.75) is 13.3 Å². The number of nitrogens with one attached hydrogen (secondary N) is 2. The first-order valence-electron chi connectivity index (χ1n) is 5.93. The summed E-state index contributed by atoms with van der Waals surface area (Å²) in [4.78, 5) is 11.6. The van der Waals surface area contributed by atoms with Crippen molar-refractivity contribution in [1.82, 2.24) is 5.32 Å². The fraction of sp³-hybridized carbons (Fsp3) is 0.462. The fourth-order valence-corrected chi connectivity index (χ4v) is 1.47. The predicted molar refractivity (Wildman–Crippen MR) is 71.3 cm³/mol. The van der Waals surface area contributed by atoms with Crippen molar-refractivity contribution in [2.75, 3.05) is 32.6 Å². The van der Waals surface area contributed by atoms with Crippen LogP contribution >= 0.6 is 0 Å². The SMILES string of the molecule is CCCNCC(=O)Nc1ccc(OC)cc1OC. The lowest BCUT2D eigenvalue weighted by Crippen LogP contribution is -2.28. The molecule has 0 atom stereocenters. The van der Waals surface area contributed by atoms with Gasteiger partial charge < -0.3 is 20.1 Å². The zero-order valence-electron chi connectivity index (χ0n) is 11.1. The zero-order chi connectivity index (χ0) is 13.4. The molecular formula is C13H20N2O3. The van der Waals surface area contributed by atoms with Gasteiger partial charge >= 0.3 is 0 Å². The second-order valence-corrected chi connectivity index (χ2v) is 3.79. The summed E-state index contributed by atoms with van der Waals surface area (Å²) in [5.41, 5.74) is 0.640. The summed E-state index contributed by atoms with van der Waals surface area (Å²) < 4.78 is 10.3. The standard InChI is InChI=1S/C13H20N2O3/c1-4-7-14-9-13(16)15-11-6-5-10(17-2)8-12(11)18-3/h5-6,8,14H,4,7,9H2,1-3H3,(H,15,16). The Kier molecular flexibility index (Phi) is 6.00. The van der Waals surface area contributed by atoms with Gasteiger partial charge in [0.05, 0.1) is 26.5 Å². The van der Waals surface area contributed by atoms with E-state index in [9.17, 15) is 4.79 Å². The van der Waals surface area contributed by atoms with Crippen LogP contribution < -0.4 is 20.1 Å². The van der Waals surface area contributed by atoms with Crippen molar-refractivity contribution in [3.8, 4) is 11.5 Å². The lowest BCUT2D eigenvalue weighted by atomic mass is 10.2. The Balaban J connectivity index is 2.63. The van der Waals surface area contributed by atoms with E-state index >= 15 is 0 Å². The maximum atomic E-state index is 11.6. The Morgan fingerprint density at radius 3 is 2.67 bits per heavy atom. The highest BCUT2D eigenvalue weighted by molar-refractivity contribution is 5.93. The van der Waals surface area contributed by atoms with Crippen LogP contribution in [0.3, 0.4) is 0 Å². The molecule has 0 bridgehead atoms. The normalized spacial score (nSPS) is 9.94. The van der Waals surface area contributed by atoms with Crippen molar-refractivity contribution < 1.29 is 14.3 Å². The number of benzene rings is 1. The lowest BCUT2D eigenvalue weighted by Gasteiger charge is -2.11. The fourth-order valence-electron chi connectivity index (χ4n) is 1.47. The minimum Gasteiger partial charge on any atom is -0.497 e. The van der Waals surface area contributed by atoms with E-state index in [0.717, 1.165) is 13.0 Å². The molecular weight excluding hydrogens is 232 g/mol. The van der Waals surface area contributed by atoms with Gasteiger partial charge in [-0.05, 0) is 25.1 Å². The predicted octanol–water partition coefficient (Wildman–Crippen LogP) is 1.64. The van der Waals surface area contributed by atoms with E-state index in [1.54, 1.807) is 32.4 Å². The monoisotopic (exact) mass is 252 g/mol. The number of methoxy groups -OCH3 is 2. The first-order chi connectivity index (χ1) is 8.71. The molecule has 0 radical (unpaired) electrons. The summed E-state index contributed by atoms with van der Waals surface area (Å²) in [6.07, 6.45) is 0.999. The highest BCUT2D eigenvalue weighted by Crippen LogP contribution is 2.28. The summed E-state index contributed by atoms with van der Waals surface area (Å²) in [7, 11) is 3.14. The molecule has 0 fully saturated rings. The molecule has 5 heteroatoms. The Bertz CT molecular complexity index is 394. The van der Waals surface area contributed by atoms with Crippen LogP contribution in [0.5, 0.6) is 11.5 Å². The minimum atomic E-state index is -0.0908. The first kappa shape index (κ1) is 14.3. The average molecular weight is 252 g/mol. The van der Waals surface area contributed by atoms with Crippen molar-refractivity contribution in [2.24, 2.45) is 0 Å². The van der Waals surface area contributed by atoms with E-state index in [1.807, 2.05) is 0 Å². The van der Waals surface area contributed by atoms with E-state index in [0.29, 0.717) is 23.7 Å². The van der Waals surface area contributed by atoms with Crippen molar-refractivity contribution >= 4 is 11.6 Å². The highest BCUT2D eigenvalue weighted by atomic mass is 16.5. The Morgan fingerprint density at radius 1 is 1.28 bits per heavy atom. The smallest absolute Gasteiger partial charge is 0.238 e. The van der Waals surface area contributed by atoms with Gasteiger partial charge in [0, 0.05) is 6.07 Å². The summed E-state index contributed by atoms with van der Waals surface area (Å²) in [5.74, 6) is 1.18. The average Bonchev–Trinajstić information content (AvgIpc) is 2.39. The molecule has 0 saturated carbocycles. The molecule has 2 N–H and O–H groups in total. The van der Waals surface area contributed by atoms with E-state index in [-0.39, 0.29) is 5.91 Å². The number of amides is 1. The summed E-state index contributed by atoms with van der Waals surface area (Å²) in [6.45, 7) is 3.17. The molecule has 0 saturated heterocycles. The van der Waals surface area contributed by atoms with Crippen LogP contribution in [0, 0.1) is 0 Å². The van der Waals surface area contributed by atoms with Crippen LogP contribution in [0.2, 0.25) is 0 Å². The summed E-state index contributed by atoms with van der Waals surface area (Å²) in [5, 5.41) is 5.83. The third-order valence-electron chi connectivity index (χ3n) is 2.40. The van der Waals surface area contributed by atoms with E-state index in [2.05, 4.69) is 17.6 Å². The second kappa shape index (κ2) is 7.55. The number of carbonyl (C=O) groups is 1.